The van der Waals surface area contributed by atoms with Crippen LogP contribution in [0.2, 0.25) is 0 Å². The van der Waals surface area contributed by atoms with Gasteiger partial charge in [0.25, 0.3) is 5.91 Å². The second-order valence-corrected chi connectivity index (χ2v) is 4.33. The van der Waals surface area contributed by atoms with Crippen LogP contribution >= 0.6 is 0 Å². The zero-order valence-corrected chi connectivity index (χ0v) is 10.7. The van der Waals surface area contributed by atoms with Crippen LogP contribution in [0.25, 0.3) is 0 Å². The van der Waals surface area contributed by atoms with Crippen LogP contribution in [0.1, 0.15) is 17.3 Å². The van der Waals surface area contributed by atoms with Gasteiger partial charge in [-0.2, -0.15) is 0 Å². The zero-order valence-electron chi connectivity index (χ0n) is 10.7. The van der Waals surface area contributed by atoms with E-state index in [1.165, 1.54) is 4.90 Å². The summed E-state index contributed by atoms with van der Waals surface area (Å²) < 4.78 is 0. The summed E-state index contributed by atoms with van der Waals surface area (Å²) in [6.45, 7) is 1.97. The molecule has 0 aliphatic heterocycles. The van der Waals surface area contributed by atoms with Crippen molar-refractivity contribution >= 4 is 11.7 Å². The van der Waals surface area contributed by atoms with Crippen molar-refractivity contribution in [2.75, 3.05) is 32.6 Å². The van der Waals surface area contributed by atoms with Crippen molar-refractivity contribution in [2.45, 2.75) is 13.0 Å². The molecule has 94 valence electrons. The molecule has 0 aliphatic carbocycles. The highest BCUT2D eigenvalue weighted by Crippen LogP contribution is 2.11. The minimum absolute atomic E-state index is 0.114. The largest absolute Gasteiger partial charge is 0.392 e. The molecule has 0 saturated heterocycles. The van der Waals surface area contributed by atoms with E-state index in [1.54, 1.807) is 32.3 Å². The van der Waals surface area contributed by atoms with Crippen molar-refractivity contribution in [3.05, 3.63) is 23.9 Å². The number of aromatic nitrogens is 1. The monoisotopic (exact) mass is 237 g/mol. The first-order valence-electron chi connectivity index (χ1n) is 5.48. The summed E-state index contributed by atoms with van der Waals surface area (Å²) in [5, 5.41) is 9.25. The first kappa shape index (κ1) is 13.4. The maximum atomic E-state index is 12.0. The first-order chi connectivity index (χ1) is 7.91. The Balaban J connectivity index is 2.85. The smallest absolute Gasteiger partial charge is 0.253 e. The molecule has 5 nitrogen and oxygen atoms in total. The summed E-state index contributed by atoms with van der Waals surface area (Å²) >= 11 is 0. The summed E-state index contributed by atoms with van der Waals surface area (Å²) in [6, 6.07) is 3.41. The van der Waals surface area contributed by atoms with E-state index in [9.17, 15) is 9.90 Å². The molecule has 0 aromatic carbocycles. The van der Waals surface area contributed by atoms with E-state index in [-0.39, 0.29) is 5.91 Å². The Morgan fingerprint density at radius 1 is 1.47 bits per heavy atom. The van der Waals surface area contributed by atoms with Crippen molar-refractivity contribution in [1.82, 2.24) is 9.88 Å². The molecule has 1 rings (SSSR count). The highest BCUT2D eigenvalue weighted by Gasteiger charge is 2.14. The molecule has 0 radical (unpaired) electrons. The number of hydrogen-bond donors (Lipinski definition) is 1. The van der Waals surface area contributed by atoms with Crippen LogP contribution in [0.15, 0.2) is 18.3 Å². The Kier molecular flexibility index (Phi) is 4.45. The van der Waals surface area contributed by atoms with E-state index in [0.717, 1.165) is 5.82 Å². The van der Waals surface area contributed by atoms with Gasteiger partial charge >= 0.3 is 0 Å². The van der Waals surface area contributed by atoms with Crippen LogP contribution in [0.5, 0.6) is 0 Å². The molecule has 0 bridgehead atoms. The van der Waals surface area contributed by atoms with Gasteiger partial charge in [-0.1, -0.05) is 0 Å². The van der Waals surface area contributed by atoms with Gasteiger partial charge in [-0.15, -0.1) is 0 Å². The Labute approximate surface area is 102 Å². The normalized spacial score (nSPS) is 12.1. The number of rotatable bonds is 4. The predicted octanol–water partition coefficient (Wildman–Crippen LogP) is 0.600. The zero-order chi connectivity index (χ0) is 13.0. The van der Waals surface area contributed by atoms with Crippen LogP contribution < -0.4 is 4.90 Å². The van der Waals surface area contributed by atoms with Gasteiger partial charge in [0, 0.05) is 39.4 Å². The SMILES string of the molecule is CC(O)CN(C)C(=O)c1ccnc(N(C)C)c1. The van der Waals surface area contributed by atoms with E-state index in [4.69, 9.17) is 0 Å². The predicted molar refractivity (Wildman–Crippen MR) is 67.2 cm³/mol. The molecule has 0 spiro atoms. The third-order valence-electron chi connectivity index (χ3n) is 2.34. The fourth-order valence-corrected chi connectivity index (χ4v) is 1.50. The van der Waals surface area contributed by atoms with Crippen molar-refractivity contribution in [3.63, 3.8) is 0 Å². The number of nitrogens with zero attached hydrogens (tertiary/aromatic N) is 3. The number of hydrogen-bond acceptors (Lipinski definition) is 4. The van der Waals surface area contributed by atoms with E-state index < -0.39 is 6.10 Å². The van der Waals surface area contributed by atoms with E-state index in [1.807, 2.05) is 19.0 Å². The fraction of sp³-hybridized carbons (Fsp3) is 0.500. The lowest BCUT2D eigenvalue weighted by atomic mass is 10.2. The number of carbonyl (C=O) groups excluding carboxylic acids is 1. The van der Waals surface area contributed by atoms with E-state index in [2.05, 4.69) is 4.98 Å². The minimum Gasteiger partial charge on any atom is -0.392 e. The van der Waals surface area contributed by atoms with Gasteiger partial charge in [0.05, 0.1) is 6.10 Å². The topological polar surface area (TPSA) is 56.7 Å². The van der Waals surface area contributed by atoms with Crippen LogP contribution in [0, 0.1) is 0 Å². The third kappa shape index (κ3) is 3.71. The lowest BCUT2D eigenvalue weighted by Gasteiger charge is -2.19. The average Bonchev–Trinajstić information content (AvgIpc) is 2.27. The Morgan fingerprint density at radius 2 is 2.12 bits per heavy atom. The van der Waals surface area contributed by atoms with Gasteiger partial charge in [-0.3, -0.25) is 4.79 Å². The number of pyridine rings is 1. The summed E-state index contributed by atoms with van der Waals surface area (Å²) in [6.07, 6.45) is 1.08. The van der Waals surface area contributed by atoms with Crippen LogP contribution in [0.4, 0.5) is 5.82 Å². The van der Waals surface area contributed by atoms with Gasteiger partial charge in [-0.25, -0.2) is 4.98 Å². The number of amides is 1. The number of aliphatic hydroxyl groups is 1. The molecule has 1 unspecified atom stereocenters. The van der Waals surface area contributed by atoms with Gasteiger partial charge in [-0.05, 0) is 19.1 Å². The summed E-state index contributed by atoms with van der Waals surface area (Å²) in [4.78, 5) is 19.5. The van der Waals surface area contributed by atoms with Gasteiger partial charge in [0.2, 0.25) is 0 Å². The van der Waals surface area contributed by atoms with Gasteiger partial charge < -0.3 is 14.9 Å². The van der Waals surface area contributed by atoms with Crippen molar-refractivity contribution in [1.29, 1.82) is 0 Å². The van der Waals surface area contributed by atoms with Crippen LogP contribution in [0.3, 0.4) is 0 Å². The molecule has 0 fully saturated rings. The second kappa shape index (κ2) is 5.63. The molecule has 1 amide bonds. The number of aliphatic hydroxyl groups excluding tert-OH is 1. The number of carbonyl (C=O) groups is 1. The van der Waals surface area contributed by atoms with E-state index >= 15 is 0 Å². The summed E-state index contributed by atoms with van der Waals surface area (Å²) in [5.74, 6) is 0.623. The molecular weight excluding hydrogens is 218 g/mol. The molecule has 1 atom stereocenters. The van der Waals surface area contributed by atoms with E-state index in [0.29, 0.717) is 12.1 Å². The first-order valence-corrected chi connectivity index (χ1v) is 5.48. The van der Waals surface area contributed by atoms with Crippen LogP contribution in [-0.2, 0) is 0 Å². The highest BCUT2D eigenvalue weighted by atomic mass is 16.3. The van der Waals surface area contributed by atoms with Gasteiger partial charge in [0.1, 0.15) is 5.82 Å². The quantitative estimate of drug-likeness (QED) is 0.833. The van der Waals surface area contributed by atoms with Crippen molar-refractivity contribution < 1.29 is 9.90 Å². The molecule has 0 aliphatic rings. The number of anilines is 1. The standard InChI is InChI=1S/C12H19N3O2/c1-9(16)8-15(4)12(17)10-5-6-13-11(7-10)14(2)3/h5-7,9,16H,8H2,1-4H3. The maximum absolute atomic E-state index is 12.0. The fourth-order valence-electron chi connectivity index (χ4n) is 1.50. The molecule has 1 heterocycles. The minimum atomic E-state index is -0.529. The third-order valence-corrected chi connectivity index (χ3v) is 2.34. The summed E-state index contributed by atoms with van der Waals surface area (Å²) in [5.41, 5.74) is 0.576. The number of likely N-dealkylation sites (N-methyl/N-ethyl adjacent to an activating group) is 1. The average molecular weight is 237 g/mol. The van der Waals surface area contributed by atoms with Crippen molar-refractivity contribution in [3.8, 4) is 0 Å². The molecular formula is C12H19N3O2. The van der Waals surface area contributed by atoms with Gasteiger partial charge in [0.15, 0.2) is 0 Å². The van der Waals surface area contributed by atoms with Crippen molar-refractivity contribution in [2.24, 2.45) is 0 Å². The molecule has 5 heteroatoms. The Morgan fingerprint density at radius 3 is 2.65 bits per heavy atom. The molecule has 17 heavy (non-hydrogen) atoms. The Hall–Kier alpha value is -1.62. The molecule has 1 N–H and O–H groups in total. The lowest BCUT2D eigenvalue weighted by molar-refractivity contribution is 0.0703. The second-order valence-electron chi connectivity index (χ2n) is 4.33. The molecule has 1 aromatic heterocycles. The summed E-state index contributed by atoms with van der Waals surface area (Å²) in [7, 11) is 5.41. The maximum Gasteiger partial charge on any atom is 0.253 e. The highest BCUT2D eigenvalue weighted by molar-refractivity contribution is 5.94. The lowest BCUT2D eigenvalue weighted by Crippen LogP contribution is -2.33. The Bertz CT molecular complexity index is 391. The van der Waals surface area contributed by atoms with Crippen LogP contribution in [-0.4, -0.2) is 54.7 Å². The molecule has 1 aromatic rings. The molecule has 0 saturated carbocycles.